The Morgan fingerprint density at radius 1 is 0.931 bits per heavy atom. The second-order valence-electron chi connectivity index (χ2n) is 7.67. The van der Waals surface area contributed by atoms with E-state index in [-0.39, 0.29) is 11.8 Å². The average Bonchev–Trinajstić information content (AvgIpc) is 2.72. The van der Waals surface area contributed by atoms with E-state index in [4.69, 9.17) is 5.21 Å². The summed E-state index contributed by atoms with van der Waals surface area (Å²) in [6, 6.07) is 14.3. The lowest BCUT2D eigenvalue weighted by Crippen LogP contribution is -2.27. The maximum Gasteiger partial charge on any atom is 0.253 e. The van der Waals surface area contributed by atoms with Crippen molar-refractivity contribution in [3.05, 3.63) is 70.3 Å². The summed E-state index contributed by atoms with van der Waals surface area (Å²) in [5.74, 6) is -0.318. The molecule has 0 aliphatic rings. The number of amides is 2. The molecule has 0 radical (unpaired) electrons. The maximum absolute atomic E-state index is 12.6. The molecule has 5 heteroatoms. The van der Waals surface area contributed by atoms with Gasteiger partial charge in [0, 0.05) is 25.6 Å². The number of aryl methyl sites for hydroxylation is 2. The van der Waals surface area contributed by atoms with Gasteiger partial charge in [-0.05, 0) is 67.5 Å². The fraction of sp³-hybridized carbons (Fsp3) is 0.417. The van der Waals surface area contributed by atoms with E-state index in [0.29, 0.717) is 18.5 Å². The Morgan fingerprint density at radius 2 is 1.55 bits per heavy atom. The molecule has 0 aliphatic carbocycles. The zero-order valence-corrected chi connectivity index (χ0v) is 17.7. The number of hydrogen-bond acceptors (Lipinski definition) is 3. The molecule has 29 heavy (non-hydrogen) atoms. The summed E-state index contributed by atoms with van der Waals surface area (Å²) in [4.78, 5) is 25.3. The van der Waals surface area contributed by atoms with Gasteiger partial charge in [-0.3, -0.25) is 14.8 Å². The van der Waals surface area contributed by atoms with Crippen LogP contribution in [0.5, 0.6) is 0 Å². The summed E-state index contributed by atoms with van der Waals surface area (Å²) in [6.45, 7) is 4.96. The molecule has 0 heterocycles. The van der Waals surface area contributed by atoms with Gasteiger partial charge < -0.3 is 4.90 Å². The van der Waals surface area contributed by atoms with Crippen LogP contribution in [0.1, 0.15) is 64.7 Å². The van der Waals surface area contributed by atoms with Gasteiger partial charge in [0.1, 0.15) is 0 Å². The lowest BCUT2D eigenvalue weighted by atomic mass is 9.96. The first-order chi connectivity index (χ1) is 13.9. The quantitative estimate of drug-likeness (QED) is 0.355. The molecule has 2 aromatic rings. The Morgan fingerprint density at radius 3 is 2.17 bits per heavy atom. The summed E-state index contributed by atoms with van der Waals surface area (Å²) >= 11 is 0. The van der Waals surface area contributed by atoms with Crippen LogP contribution in [0, 0.1) is 13.8 Å². The minimum Gasteiger partial charge on any atom is -0.342 e. The van der Waals surface area contributed by atoms with Crippen molar-refractivity contribution in [3.63, 3.8) is 0 Å². The number of hydrogen-bond donors (Lipinski definition) is 2. The van der Waals surface area contributed by atoms with E-state index in [1.807, 2.05) is 31.3 Å². The van der Waals surface area contributed by atoms with Gasteiger partial charge in [-0.2, -0.15) is 0 Å². The molecule has 0 bridgehead atoms. The minimum atomic E-state index is -0.349. The predicted octanol–water partition coefficient (Wildman–Crippen LogP) is 4.42. The molecule has 5 nitrogen and oxygen atoms in total. The van der Waals surface area contributed by atoms with Crippen LogP contribution in [0.15, 0.2) is 42.5 Å². The van der Waals surface area contributed by atoms with Crippen LogP contribution in [-0.4, -0.2) is 35.5 Å². The van der Waals surface area contributed by atoms with Gasteiger partial charge in [-0.15, -0.1) is 0 Å². The van der Waals surface area contributed by atoms with E-state index in [9.17, 15) is 9.59 Å². The first-order valence-electron chi connectivity index (χ1n) is 10.2. The van der Waals surface area contributed by atoms with Crippen molar-refractivity contribution in [3.8, 4) is 0 Å². The summed E-state index contributed by atoms with van der Waals surface area (Å²) in [6.07, 6.45) is 4.70. The molecule has 0 spiro atoms. The predicted molar refractivity (Wildman–Crippen MR) is 115 cm³/mol. The van der Waals surface area contributed by atoms with Gasteiger partial charge in [0.2, 0.25) is 5.91 Å². The Hall–Kier alpha value is -2.66. The Balaban J connectivity index is 1.81. The number of nitrogens with zero attached hydrogens (tertiary/aromatic N) is 1. The molecule has 0 atom stereocenters. The standard InChI is InChI=1S/C24H32N2O3/c1-18-9-8-10-19(2)22(18)17-20-12-14-21(15-13-20)24(28)26(3)16-7-5-4-6-11-23(27)25-29/h8-10,12-15,29H,4-7,11,16-17H2,1-3H3,(H,25,27). The molecule has 156 valence electrons. The Labute approximate surface area is 173 Å². The fourth-order valence-electron chi connectivity index (χ4n) is 3.46. The molecule has 0 aromatic heterocycles. The fourth-order valence-corrected chi connectivity index (χ4v) is 3.46. The number of nitrogens with one attached hydrogen (secondary N) is 1. The molecule has 0 saturated heterocycles. The smallest absolute Gasteiger partial charge is 0.253 e. The third-order valence-electron chi connectivity index (χ3n) is 5.35. The van der Waals surface area contributed by atoms with E-state index in [1.54, 1.807) is 10.4 Å². The summed E-state index contributed by atoms with van der Waals surface area (Å²) in [7, 11) is 1.83. The summed E-state index contributed by atoms with van der Waals surface area (Å²) in [5.41, 5.74) is 7.48. The lowest BCUT2D eigenvalue weighted by molar-refractivity contribution is -0.129. The number of hydroxylamine groups is 1. The largest absolute Gasteiger partial charge is 0.342 e. The Bertz CT molecular complexity index is 795. The molecule has 2 aromatic carbocycles. The minimum absolute atomic E-state index is 0.0308. The Kier molecular flexibility index (Phi) is 8.87. The third-order valence-corrected chi connectivity index (χ3v) is 5.35. The molecule has 2 amide bonds. The molecule has 0 aliphatic heterocycles. The van der Waals surface area contributed by atoms with Crippen molar-refractivity contribution in [1.29, 1.82) is 0 Å². The van der Waals surface area contributed by atoms with Crippen LogP contribution in [0.2, 0.25) is 0 Å². The first kappa shape index (κ1) is 22.6. The van der Waals surface area contributed by atoms with Gasteiger partial charge >= 0.3 is 0 Å². The SMILES string of the molecule is Cc1cccc(C)c1Cc1ccc(C(=O)N(C)CCCCCCC(=O)NO)cc1. The van der Waals surface area contributed by atoms with Gasteiger partial charge in [0.05, 0.1) is 0 Å². The number of unbranched alkanes of at least 4 members (excludes halogenated alkanes) is 3. The normalized spacial score (nSPS) is 10.6. The summed E-state index contributed by atoms with van der Waals surface area (Å²) < 4.78 is 0. The zero-order valence-electron chi connectivity index (χ0n) is 17.7. The van der Waals surface area contributed by atoms with Crippen molar-refractivity contribution in [2.75, 3.05) is 13.6 Å². The van der Waals surface area contributed by atoms with Gasteiger partial charge in [-0.1, -0.05) is 43.2 Å². The highest BCUT2D eigenvalue weighted by Crippen LogP contribution is 2.19. The van der Waals surface area contributed by atoms with Gasteiger partial charge in [0.25, 0.3) is 5.91 Å². The van der Waals surface area contributed by atoms with Crippen molar-refractivity contribution in [1.82, 2.24) is 10.4 Å². The second kappa shape index (κ2) is 11.4. The van der Waals surface area contributed by atoms with E-state index >= 15 is 0 Å². The monoisotopic (exact) mass is 396 g/mol. The topological polar surface area (TPSA) is 69.6 Å². The molecule has 0 fully saturated rings. The van der Waals surface area contributed by atoms with Crippen molar-refractivity contribution in [2.45, 2.75) is 52.4 Å². The zero-order chi connectivity index (χ0) is 21.2. The molecule has 0 saturated carbocycles. The lowest BCUT2D eigenvalue weighted by Gasteiger charge is -2.17. The number of rotatable bonds is 10. The molecular formula is C24H32N2O3. The average molecular weight is 397 g/mol. The van der Waals surface area contributed by atoms with E-state index < -0.39 is 0 Å². The summed E-state index contributed by atoms with van der Waals surface area (Å²) in [5, 5.41) is 8.45. The second-order valence-corrected chi connectivity index (χ2v) is 7.67. The maximum atomic E-state index is 12.6. The first-order valence-corrected chi connectivity index (χ1v) is 10.2. The van der Waals surface area contributed by atoms with Gasteiger partial charge in [0.15, 0.2) is 0 Å². The van der Waals surface area contributed by atoms with Crippen molar-refractivity contribution in [2.24, 2.45) is 0 Å². The molecule has 2 N–H and O–H groups in total. The highest BCUT2D eigenvalue weighted by molar-refractivity contribution is 5.94. The van der Waals surface area contributed by atoms with Crippen LogP contribution in [0.25, 0.3) is 0 Å². The van der Waals surface area contributed by atoms with Gasteiger partial charge in [-0.25, -0.2) is 5.48 Å². The van der Waals surface area contributed by atoms with Crippen molar-refractivity contribution < 1.29 is 14.8 Å². The van der Waals surface area contributed by atoms with Crippen LogP contribution in [0.3, 0.4) is 0 Å². The number of carbonyl (C=O) groups excluding carboxylic acids is 2. The van der Waals surface area contributed by atoms with E-state index in [2.05, 4.69) is 32.0 Å². The highest BCUT2D eigenvalue weighted by atomic mass is 16.5. The van der Waals surface area contributed by atoms with Crippen LogP contribution < -0.4 is 5.48 Å². The number of carbonyl (C=O) groups is 2. The highest BCUT2D eigenvalue weighted by Gasteiger charge is 2.12. The van der Waals surface area contributed by atoms with Crippen LogP contribution in [0.4, 0.5) is 0 Å². The van der Waals surface area contributed by atoms with E-state index in [0.717, 1.165) is 32.1 Å². The molecule has 0 unspecified atom stereocenters. The molecular weight excluding hydrogens is 364 g/mol. The number of benzene rings is 2. The van der Waals surface area contributed by atoms with E-state index in [1.165, 1.54) is 22.3 Å². The molecule has 2 rings (SSSR count). The van der Waals surface area contributed by atoms with Crippen molar-refractivity contribution >= 4 is 11.8 Å². The third kappa shape index (κ3) is 7.02. The van der Waals surface area contributed by atoms with Crippen LogP contribution >= 0.6 is 0 Å². The van der Waals surface area contributed by atoms with Crippen LogP contribution in [-0.2, 0) is 11.2 Å².